The molecule has 2 aromatic heterocycles. The minimum atomic E-state index is -0.0390. The number of amides is 1. The first-order valence-electron chi connectivity index (χ1n) is 10.8. The Morgan fingerprint density at radius 3 is 2.63 bits per heavy atom. The van der Waals surface area contributed by atoms with E-state index >= 15 is 0 Å². The Morgan fingerprint density at radius 1 is 1.17 bits per heavy atom. The second-order valence-corrected chi connectivity index (χ2v) is 9.42. The van der Waals surface area contributed by atoms with E-state index in [0.717, 1.165) is 31.4 Å². The fraction of sp³-hybridized carbons (Fsp3) is 0.545. The second kappa shape index (κ2) is 8.79. The summed E-state index contributed by atoms with van der Waals surface area (Å²) in [4.78, 5) is 27.8. The average molecular weight is 428 g/mol. The normalized spacial score (nSPS) is 19.6. The molecule has 0 radical (unpaired) electrons. The summed E-state index contributed by atoms with van der Waals surface area (Å²) in [6.45, 7) is 8.76. The summed E-state index contributed by atoms with van der Waals surface area (Å²) < 4.78 is 3.63. The highest BCUT2D eigenvalue weighted by molar-refractivity contribution is 7.99. The van der Waals surface area contributed by atoms with E-state index in [1.807, 2.05) is 33.6 Å². The molecule has 0 saturated carbocycles. The molecule has 0 bridgehead atoms. The zero-order valence-corrected chi connectivity index (χ0v) is 18.7. The van der Waals surface area contributed by atoms with Crippen molar-refractivity contribution in [2.75, 3.05) is 18.8 Å². The summed E-state index contributed by atoms with van der Waals surface area (Å²) in [5, 5.41) is 9.97. The Hall–Kier alpha value is -2.35. The minimum Gasteiger partial charge on any atom is -0.341 e. The fourth-order valence-electron chi connectivity index (χ4n) is 4.43. The summed E-state index contributed by atoms with van der Waals surface area (Å²) >= 11 is 1.40. The van der Waals surface area contributed by atoms with Crippen molar-refractivity contribution in [3.63, 3.8) is 0 Å². The van der Waals surface area contributed by atoms with E-state index in [1.165, 1.54) is 18.2 Å². The Labute approximate surface area is 180 Å². The number of fused-ring (bicyclic) bond motifs is 3. The lowest BCUT2D eigenvalue weighted by molar-refractivity contribution is -0.130. The van der Waals surface area contributed by atoms with Crippen LogP contribution in [-0.2, 0) is 11.3 Å². The van der Waals surface area contributed by atoms with Crippen molar-refractivity contribution in [3.05, 3.63) is 34.6 Å². The molecule has 1 fully saturated rings. The molecule has 1 amide bonds. The van der Waals surface area contributed by atoms with E-state index in [2.05, 4.69) is 31.0 Å². The third kappa shape index (κ3) is 3.97. The molecule has 1 saturated heterocycles. The number of hydrogen-bond acceptors (Lipinski definition) is 5. The predicted molar refractivity (Wildman–Crippen MR) is 120 cm³/mol. The first-order chi connectivity index (χ1) is 14.5. The van der Waals surface area contributed by atoms with E-state index in [1.54, 1.807) is 4.57 Å². The summed E-state index contributed by atoms with van der Waals surface area (Å²) in [7, 11) is 0. The van der Waals surface area contributed by atoms with E-state index in [0.29, 0.717) is 40.5 Å². The van der Waals surface area contributed by atoms with Gasteiger partial charge in [0.2, 0.25) is 11.7 Å². The smallest absolute Gasteiger partial charge is 0.262 e. The quantitative estimate of drug-likeness (QED) is 0.564. The van der Waals surface area contributed by atoms with Crippen LogP contribution < -0.4 is 5.56 Å². The van der Waals surface area contributed by atoms with Crippen LogP contribution in [0, 0.1) is 11.8 Å². The number of para-hydroxylation sites is 1. The fourth-order valence-corrected chi connectivity index (χ4v) is 5.27. The van der Waals surface area contributed by atoms with Crippen molar-refractivity contribution >= 4 is 34.3 Å². The van der Waals surface area contributed by atoms with E-state index in [4.69, 9.17) is 0 Å². The number of rotatable bonds is 6. The topological polar surface area (TPSA) is 72.5 Å². The lowest BCUT2D eigenvalue weighted by atomic mass is 9.92. The Bertz CT molecular complexity index is 1110. The number of nitrogens with zero attached hydrogens (tertiary/aromatic N) is 5. The van der Waals surface area contributed by atoms with Crippen molar-refractivity contribution in [1.82, 2.24) is 24.1 Å². The molecule has 1 aliphatic heterocycles. The molecule has 0 N–H and O–H groups in total. The summed E-state index contributed by atoms with van der Waals surface area (Å²) in [6, 6.07) is 7.54. The third-order valence-corrected chi connectivity index (χ3v) is 6.67. The molecule has 3 heterocycles. The molecule has 30 heavy (non-hydrogen) atoms. The first-order valence-corrected chi connectivity index (χ1v) is 11.7. The molecule has 4 rings (SSSR count). The average Bonchev–Trinajstić information content (AvgIpc) is 3.15. The van der Waals surface area contributed by atoms with E-state index < -0.39 is 0 Å². The SMILES string of the molecule is CCCCn1c(=O)c2ccccc2n2c(SCC(=O)N3C[C@H](C)C[C@@H](C)C3)nnc12. The minimum absolute atomic E-state index is 0.0390. The van der Waals surface area contributed by atoms with Gasteiger partial charge in [0.15, 0.2) is 5.16 Å². The number of likely N-dealkylation sites (tertiary alicyclic amines) is 1. The second-order valence-electron chi connectivity index (χ2n) is 8.48. The van der Waals surface area contributed by atoms with Crippen LogP contribution in [0.2, 0.25) is 0 Å². The number of thioether (sulfide) groups is 1. The van der Waals surface area contributed by atoms with Gasteiger partial charge in [-0.2, -0.15) is 0 Å². The van der Waals surface area contributed by atoms with Gasteiger partial charge in [-0.25, -0.2) is 0 Å². The third-order valence-electron chi connectivity index (χ3n) is 5.76. The van der Waals surface area contributed by atoms with Crippen LogP contribution in [0.15, 0.2) is 34.2 Å². The zero-order chi connectivity index (χ0) is 21.3. The zero-order valence-electron chi connectivity index (χ0n) is 17.9. The van der Waals surface area contributed by atoms with Gasteiger partial charge >= 0.3 is 0 Å². The maximum Gasteiger partial charge on any atom is 0.262 e. The molecule has 0 unspecified atom stereocenters. The van der Waals surface area contributed by atoms with Crippen LogP contribution in [-0.4, -0.2) is 48.8 Å². The first kappa shape index (κ1) is 20.9. The van der Waals surface area contributed by atoms with Gasteiger partial charge in [-0.15, -0.1) is 10.2 Å². The van der Waals surface area contributed by atoms with Gasteiger partial charge in [0.05, 0.1) is 16.7 Å². The van der Waals surface area contributed by atoms with E-state index in [-0.39, 0.29) is 11.5 Å². The number of aryl methyl sites for hydroxylation is 1. The van der Waals surface area contributed by atoms with Crippen molar-refractivity contribution in [2.24, 2.45) is 11.8 Å². The predicted octanol–water partition coefficient (Wildman–Crippen LogP) is 3.44. The van der Waals surface area contributed by atoms with Gasteiger partial charge in [-0.1, -0.05) is 51.1 Å². The molecule has 160 valence electrons. The monoisotopic (exact) mass is 427 g/mol. The van der Waals surface area contributed by atoms with Crippen molar-refractivity contribution in [2.45, 2.75) is 51.7 Å². The van der Waals surface area contributed by atoms with Crippen LogP contribution in [0.5, 0.6) is 0 Å². The van der Waals surface area contributed by atoms with Gasteiger partial charge < -0.3 is 4.90 Å². The van der Waals surface area contributed by atoms with Gasteiger partial charge in [0.25, 0.3) is 5.56 Å². The molecular formula is C22H29N5O2S. The van der Waals surface area contributed by atoms with Crippen LogP contribution >= 0.6 is 11.8 Å². The number of piperidine rings is 1. The largest absolute Gasteiger partial charge is 0.341 e. The highest BCUT2D eigenvalue weighted by Crippen LogP contribution is 2.25. The maximum atomic E-state index is 13.0. The number of carbonyl (C=O) groups excluding carboxylic acids is 1. The summed E-state index contributed by atoms with van der Waals surface area (Å²) in [6.07, 6.45) is 3.06. The molecule has 3 aromatic rings. The van der Waals surface area contributed by atoms with Gasteiger partial charge in [0.1, 0.15) is 0 Å². The van der Waals surface area contributed by atoms with Crippen LogP contribution in [0.1, 0.15) is 40.0 Å². The summed E-state index contributed by atoms with van der Waals surface area (Å²) in [5.41, 5.74) is 0.744. The van der Waals surface area contributed by atoms with Crippen molar-refractivity contribution in [1.29, 1.82) is 0 Å². The highest BCUT2D eigenvalue weighted by atomic mass is 32.2. The molecule has 1 aliphatic rings. The lowest BCUT2D eigenvalue weighted by Gasteiger charge is -2.34. The maximum absolute atomic E-state index is 13.0. The van der Waals surface area contributed by atoms with Crippen LogP contribution in [0.3, 0.4) is 0 Å². The van der Waals surface area contributed by atoms with Gasteiger partial charge in [-0.3, -0.25) is 18.6 Å². The van der Waals surface area contributed by atoms with Crippen LogP contribution in [0.25, 0.3) is 16.7 Å². The standard InChI is InChI=1S/C22H29N5O2S/c1-4-5-10-26-20(29)17-8-6-7-9-18(17)27-21(26)23-24-22(27)30-14-19(28)25-12-15(2)11-16(3)13-25/h6-9,15-16H,4-5,10-14H2,1-3H3/t15-,16-/m1/s1. The number of benzene rings is 1. The number of hydrogen-bond donors (Lipinski definition) is 0. The lowest BCUT2D eigenvalue weighted by Crippen LogP contribution is -2.43. The molecule has 7 nitrogen and oxygen atoms in total. The molecule has 0 spiro atoms. The van der Waals surface area contributed by atoms with Gasteiger partial charge in [-0.05, 0) is 36.8 Å². The number of carbonyl (C=O) groups is 1. The Balaban J connectivity index is 1.66. The highest BCUT2D eigenvalue weighted by Gasteiger charge is 2.26. The Morgan fingerprint density at radius 2 is 1.90 bits per heavy atom. The molecule has 0 aliphatic carbocycles. The van der Waals surface area contributed by atoms with Crippen molar-refractivity contribution in [3.8, 4) is 0 Å². The van der Waals surface area contributed by atoms with Gasteiger partial charge in [0, 0.05) is 19.6 Å². The number of unbranched alkanes of at least 4 members (excludes halogenated alkanes) is 1. The molecule has 2 atom stereocenters. The number of aromatic nitrogens is 4. The van der Waals surface area contributed by atoms with Crippen LogP contribution in [0.4, 0.5) is 0 Å². The molecule has 1 aromatic carbocycles. The summed E-state index contributed by atoms with van der Waals surface area (Å²) in [5.74, 6) is 2.08. The van der Waals surface area contributed by atoms with E-state index in [9.17, 15) is 9.59 Å². The molecular weight excluding hydrogens is 398 g/mol. The molecule has 8 heteroatoms. The Kier molecular flexibility index (Phi) is 6.13. The van der Waals surface area contributed by atoms with Crippen molar-refractivity contribution < 1.29 is 4.79 Å².